The van der Waals surface area contributed by atoms with Crippen LogP contribution in [0.5, 0.6) is 0 Å². The molecule has 0 saturated carbocycles. The molecule has 0 fully saturated rings. The molecule has 2 amide bonds. The van der Waals surface area contributed by atoms with E-state index in [4.69, 9.17) is 0 Å². The Morgan fingerprint density at radius 2 is 1.80 bits per heavy atom. The SMILES string of the molecule is Cc1ccnc2c1c(=O)cc(N(C(=O)NCc1ccccc1)c1ccccc1)n2C1=CC=CCC1. The summed E-state index contributed by atoms with van der Waals surface area (Å²) < 4.78 is 1.95. The van der Waals surface area contributed by atoms with Crippen LogP contribution in [0.3, 0.4) is 0 Å². The number of anilines is 2. The number of carbonyl (C=O) groups excluding carboxylic acids is 1. The summed E-state index contributed by atoms with van der Waals surface area (Å²) in [6.07, 6.45) is 9.48. The van der Waals surface area contributed by atoms with Crippen LogP contribution in [0.15, 0.2) is 102 Å². The molecule has 0 saturated heterocycles. The van der Waals surface area contributed by atoms with Crippen molar-refractivity contribution in [1.29, 1.82) is 0 Å². The normalized spacial score (nSPS) is 12.9. The van der Waals surface area contributed by atoms with Gasteiger partial charge in [-0.05, 0) is 55.2 Å². The fraction of sp³-hybridized carbons (Fsp3) is 0.138. The van der Waals surface area contributed by atoms with Crippen LogP contribution in [0.2, 0.25) is 0 Å². The summed E-state index contributed by atoms with van der Waals surface area (Å²) in [6.45, 7) is 2.27. The van der Waals surface area contributed by atoms with E-state index in [0.29, 0.717) is 29.1 Å². The van der Waals surface area contributed by atoms with Crippen molar-refractivity contribution in [3.8, 4) is 0 Å². The monoisotopic (exact) mass is 462 g/mol. The average Bonchev–Trinajstić information content (AvgIpc) is 2.89. The number of fused-ring (bicyclic) bond motifs is 1. The Hall–Kier alpha value is -4.45. The van der Waals surface area contributed by atoms with Gasteiger partial charge in [0.1, 0.15) is 11.5 Å². The number of pyridine rings is 2. The maximum Gasteiger partial charge on any atom is 0.327 e. The van der Waals surface area contributed by atoms with Crippen molar-refractivity contribution in [3.05, 3.63) is 119 Å². The van der Waals surface area contributed by atoms with Crippen LogP contribution in [-0.4, -0.2) is 15.6 Å². The molecule has 35 heavy (non-hydrogen) atoms. The molecule has 1 aliphatic rings. The number of carbonyl (C=O) groups is 1. The zero-order valence-corrected chi connectivity index (χ0v) is 19.5. The van der Waals surface area contributed by atoms with Crippen molar-refractivity contribution in [1.82, 2.24) is 14.9 Å². The summed E-state index contributed by atoms with van der Waals surface area (Å²) in [6, 6.07) is 22.2. The topological polar surface area (TPSA) is 67.2 Å². The third-order valence-corrected chi connectivity index (χ3v) is 6.10. The number of para-hydroxylation sites is 1. The number of amides is 2. The van der Waals surface area contributed by atoms with Crippen molar-refractivity contribution in [3.63, 3.8) is 0 Å². The van der Waals surface area contributed by atoms with E-state index in [1.54, 1.807) is 17.2 Å². The molecule has 0 spiro atoms. The van der Waals surface area contributed by atoms with E-state index < -0.39 is 0 Å². The lowest BCUT2D eigenvalue weighted by Crippen LogP contribution is -2.38. The Balaban J connectivity index is 1.70. The number of nitrogens with one attached hydrogen (secondary N) is 1. The van der Waals surface area contributed by atoms with Gasteiger partial charge in [0.05, 0.1) is 11.1 Å². The molecule has 0 unspecified atom stereocenters. The first-order valence-electron chi connectivity index (χ1n) is 11.7. The number of nitrogens with zero attached hydrogens (tertiary/aromatic N) is 3. The zero-order chi connectivity index (χ0) is 24.2. The quantitative estimate of drug-likeness (QED) is 0.399. The van der Waals surface area contributed by atoms with Gasteiger partial charge in [0, 0.05) is 24.5 Å². The Labute approximate surface area is 203 Å². The fourth-order valence-corrected chi connectivity index (χ4v) is 4.39. The largest absolute Gasteiger partial charge is 0.333 e. The smallest absolute Gasteiger partial charge is 0.327 e. The minimum absolute atomic E-state index is 0.166. The number of urea groups is 1. The highest BCUT2D eigenvalue weighted by Gasteiger charge is 2.25. The predicted octanol–water partition coefficient (Wildman–Crippen LogP) is 5.94. The van der Waals surface area contributed by atoms with Gasteiger partial charge in [0.15, 0.2) is 5.43 Å². The molecule has 0 radical (unpaired) electrons. The van der Waals surface area contributed by atoms with Gasteiger partial charge in [-0.2, -0.15) is 0 Å². The summed E-state index contributed by atoms with van der Waals surface area (Å²) in [5, 5.41) is 3.58. The van der Waals surface area contributed by atoms with E-state index in [0.717, 1.165) is 29.7 Å². The van der Waals surface area contributed by atoms with E-state index in [1.807, 2.05) is 90.4 Å². The minimum Gasteiger partial charge on any atom is -0.333 e. The molecule has 2 aromatic heterocycles. The Morgan fingerprint density at radius 3 is 2.51 bits per heavy atom. The van der Waals surface area contributed by atoms with Crippen LogP contribution in [0.4, 0.5) is 16.3 Å². The van der Waals surface area contributed by atoms with Crippen LogP contribution in [0.1, 0.15) is 24.0 Å². The third kappa shape index (κ3) is 4.51. The first-order chi connectivity index (χ1) is 17.1. The van der Waals surface area contributed by atoms with Crippen molar-refractivity contribution < 1.29 is 4.79 Å². The molecule has 0 bridgehead atoms. The standard InChI is InChI=1S/C29H26N4O2/c1-21-17-18-30-28-27(21)25(34)19-26(32(28)23-13-7-3-8-14-23)33(24-15-9-4-10-16-24)29(35)31-20-22-11-5-2-6-12-22/h2-7,9-13,15-19H,8,14,20H2,1H3,(H,31,35). The number of hydrogen-bond acceptors (Lipinski definition) is 3. The maximum absolute atomic E-state index is 13.7. The van der Waals surface area contributed by atoms with Crippen molar-refractivity contribution >= 4 is 34.3 Å². The van der Waals surface area contributed by atoms with Crippen LogP contribution < -0.4 is 15.6 Å². The summed E-state index contributed by atoms with van der Waals surface area (Å²) >= 11 is 0. The first-order valence-corrected chi connectivity index (χ1v) is 11.7. The third-order valence-electron chi connectivity index (χ3n) is 6.10. The fourth-order valence-electron chi connectivity index (χ4n) is 4.39. The lowest BCUT2D eigenvalue weighted by Gasteiger charge is -2.29. The number of rotatable bonds is 5. The molecule has 4 aromatic rings. The molecule has 1 N–H and O–H groups in total. The van der Waals surface area contributed by atoms with Gasteiger partial charge in [-0.15, -0.1) is 0 Å². The number of benzene rings is 2. The Kier molecular flexibility index (Phi) is 6.26. The van der Waals surface area contributed by atoms with E-state index in [9.17, 15) is 9.59 Å². The van der Waals surface area contributed by atoms with Gasteiger partial charge in [-0.1, -0.05) is 60.7 Å². The molecule has 5 rings (SSSR count). The lowest BCUT2D eigenvalue weighted by molar-refractivity contribution is 0.248. The van der Waals surface area contributed by atoms with Gasteiger partial charge >= 0.3 is 6.03 Å². The van der Waals surface area contributed by atoms with E-state index >= 15 is 0 Å². The minimum atomic E-state index is -0.327. The summed E-state index contributed by atoms with van der Waals surface area (Å²) in [4.78, 5) is 33.2. The molecule has 6 heteroatoms. The Bertz CT molecular complexity index is 1490. The van der Waals surface area contributed by atoms with Gasteiger partial charge in [-0.25, -0.2) is 14.7 Å². The van der Waals surface area contributed by atoms with Crippen LogP contribution >= 0.6 is 0 Å². The van der Waals surface area contributed by atoms with Crippen LogP contribution in [0.25, 0.3) is 16.7 Å². The van der Waals surface area contributed by atoms with E-state index in [1.165, 1.54) is 0 Å². The number of hydrogen-bond donors (Lipinski definition) is 1. The highest BCUT2D eigenvalue weighted by atomic mass is 16.2. The number of aryl methyl sites for hydroxylation is 1. The lowest BCUT2D eigenvalue weighted by atomic mass is 10.1. The molecular weight excluding hydrogens is 436 g/mol. The highest BCUT2D eigenvalue weighted by Crippen LogP contribution is 2.32. The molecular formula is C29H26N4O2. The average molecular weight is 463 g/mol. The van der Waals surface area contributed by atoms with Crippen molar-refractivity contribution in [2.45, 2.75) is 26.3 Å². The second kappa shape index (κ2) is 9.81. The number of allylic oxidation sites excluding steroid dienone is 4. The molecule has 1 aliphatic carbocycles. The number of aromatic nitrogens is 2. The predicted molar refractivity (Wildman–Crippen MR) is 141 cm³/mol. The van der Waals surface area contributed by atoms with Crippen LogP contribution in [-0.2, 0) is 6.54 Å². The van der Waals surface area contributed by atoms with Gasteiger partial charge in [0.25, 0.3) is 0 Å². The van der Waals surface area contributed by atoms with Gasteiger partial charge in [0.2, 0.25) is 0 Å². The zero-order valence-electron chi connectivity index (χ0n) is 19.5. The van der Waals surface area contributed by atoms with Crippen LogP contribution in [0, 0.1) is 6.92 Å². The first kappa shape index (κ1) is 22.3. The van der Waals surface area contributed by atoms with Gasteiger partial charge < -0.3 is 5.32 Å². The molecule has 2 aromatic carbocycles. The van der Waals surface area contributed by atoms with Crippen molar-refractivity contribution in [2.75, 3.05) is 4.90 Å². The highest BCUT2D eigenvalue weighted by molar-refractivity contribution is 6.00. The molecule has 6 nitrogen and oxygen atoms in total. The van der Waals surface area contributed by atoms with Gasteiger partial charge in [-0.3, -0.25) is 9.36 Å². The summed E-state index contributed by atoms with van der Waals surface area (Å²) in [5.74, 6) is 0.457. The molecule has 174 valence electrons. The summed E-state index contributed by atoms with van der Waals surface area (Å²) in [5.41, 5.74) is 3.85. The summed E-state index contributed by atoms with van der Waals surface area (Å²) in [7, 11) is 0. The Morgan fingerprint density at radius 1 is 1.06 bits per heavy atom. The molecule has 2 heterocycles. The maximum atomic E-state index is 13.7. The second-order valence-electron chi connectivity index (χ2n) is 8.47. The molecule has 0 aliphatic heterocycles. The van der Waals surface area contributed by atoms with Crippen molar-refractivity contribution in [2.24, 2.45) is 0 Å². The molecule has 0 atom stereocenters. The van der Waals surface area contributed by atoms with E-state index in [-0.39, 0.29) is 11.5 Å². The van der Waals surface area contributed by atoms with E-state index in [2.05, 4.69) is 16.4 Å². The second-order valence-corrected chi connectivity index (χ2v) is 8.47.